The molecule has 0 N–H and O–H groups in total. The average Bonchev–Trinajstić information content (AvgIpc) is 3.12. The second-order valence-electron chi connectivity index (χ2n) is 5.46. The SMILES string of the molecule is O=C(N1CCCC1)C1(CC2OCCO2)C=CCC=C1. The highest BCUT2D eigenvalue weighted by atomic mass is 16.7. The highest BCUT2D eigenvalue weighted by Gasteiger charge is 2.41. The predicted octanol–water partition coefficient (Wildman–Crippen LogP) is 1.87. The maximum Gasteiger partial charge on any atom is 0.236 e. The Morgan fingerprint density at radius 3 is 2.42 bits per heavy atom. The van der Waals surface area contributed by atoms with Gasteiger partial charge >= 0.3 is 0 Å². The van der Waals surface area contributed by atoms with E-state index >= 15 is 0 Å². The van der Waals surface area contributed by atoms with E-state index in [0.29, 0.717) is 19.6 Å². The third-order valence-electron chi connectivity index (χ3n) is 4.09. The molecule has 3 rings (SSSR count). The van der Waals surface area contributed by atoms with E-state index in [1.807, 2.05) is 17.1 Å². The van der Waals surface area contributed by atoms with E-state index in [9.17, 15) is 4.79 Å². The summed E-state index contributed by atoms with van der Waals surface area (Å²) in [5.74, 6) is 0.205. The number of rotatable bonds is 3. The Kier molecular flexibility index (Phi) is 3.71. The fourth-order valence-electron chi connectivity index (χ4n) is 3.07. The summed E-state index contributed by atoms with van der Waals surface area (Å²) in [6.07, 6.45) is 11.7. The number of hydrogen-bond acceptors (Lipinski definition) is 3. The van der Waals surface area contributed by atoms with Gasteiger partial charge in [0.25, 0.3) is 0 Å². The fourth-order valence-corrected chi connectivity index (χ4v) is 3.07. The van der Waals surface area contributed by atoms with E-state index in [-0.39, 0.29) is 12.2 Å². The second kappa shape index (κ2) is 5.47. The van der Waals surface area contributed by atoms with Gasteiger partial charge in [-0.15, -0.1) is 0 Å². The van der Waals surface area contributed by atoms with Gasteiger partial charge in [0.15, 0.2) is 6.29 Å². The minimum atomic E-state index is -0.558. The number of likely N-dealkylation sites (tertiary alicyclic amines) is 1. The summed E-state index contributed by atoms with van der Waals surface area (Å²) in [6.45, 7) is 3.03. The zero-order valence-corrected chi connectivity index (χ0v) is 11.2. The number of hydrogen-bond donors (Lipinski definition) is 0. The van der Waals surface area contributed by atoms with Crippen molar-refractivity contribution in [2.45, 2.75) is 32.0 Å². The molecule has 0 aromatic heterocycles. The molecule has 0 unspecified atom stereocenters. The van der Waals surface area contributed by atoms with Crippen LogP contribution in [0.3, 0.4) is 0 Å². The van der Waals surface area contributed by atoms with Crippen LogP contribution in [-0.4, -0.2) is 43.4 Å². The van der Waals surface area contributed by atoms with Gasteiger partial charge in [-0.05, 0) is 19.3 Å². The summed E-state index contributed by atoms with van der Waals surface area (Å²) in [4.78, 5) is 14.8. The van der Waals surface area contributed by atoms with Crippen LogP contribution in [-0.2, 0) is 14.3 Å². The molecule has 2 heterocycles. The zero-order chi connectivity index (χ0) is 13.1. The maximum atomic E-state index is 12.8. The monoisotopic (exact) mass is 263 g/mol. The third kappa shape index (κ3) is 2.60. The van der Waals surface area contributed by atoms with Crippen LogP contribution in [0, 0.1) is 5.41 Å². The molecular weight excluding hydrogens is 242 g/mol. The van der Waals surface area contributed by atoms with Gasteiger partial charge < -0.3 is 14.4 Å². The molecule has 4 heteroatoms. The highest BCUT2D eigenvalue weighted by molar-refractivity contribution is 5.87. The van der Waals surface area contributed by atoms with Crippen molar-refractivity contribution >= 4 is 5.91 Å². The molecule has 2 fully saturated rings. The Bertz CT molecular complexity index is 378. The lowest BCUT2D eigenvalue weighted by atomic mass is 9.79. The molecule has 0 bridgehead atoms. The standard InChI is InChI=1S/C15H21NO3/c17-14(16-8-4-5-9-16)15(6-2-1-3-7-15)12-13-18-10-11-19-13/h2-3,6-7,13H,1,4-5,8-12H2. The summed E-state index contributed by atoms with van der Waals surface area (Å²) in [6, 6.07) is 0. The highest BCUT2D eigenvalue weighted by Crippen LogP contribution is 2.36. The quantitative estimate of drug-likeness (QED) is 0.730. The third-order valence-corrected chi connectivity index (χ3v) is 4.09. The molecule has 0 spiro atoms. The normalized spacial score (nSPS) is 26.2. The van der Waals surface area contributed by atoms with Crippen molar-refractivity contribution in [3.63, 3.8) is 0 Å². The van der Waals surface area contributed by atoms with Crippen LogP contribution in [0.4, 0.5) is 0 Å². The molecule has 3 aliphatic rings. The smallest absolute Gasteiger partial charge is 0.236 e. The van der Waals surface area contributed by atoms with Crippen molar-refractivity contribution in [1.82, 2.24) is 4.90 Å². The van der Waals surface area contributed by atoms with Crippen molar-refractivity contribution in [3.8, 4) is 0 Å². The van der Waals surface area contributed by atoms with E-state index in [0.717, 1.165) is 32.4 Å². The van der Waals surface area contributed by atoms with Gasteiger partial charge in [0.1, 0.15) is 0 Å². The first-order valence-electron chi connectivity index (χ1n) is 7.18. The minimum absolute atomic E-state index is 0.205. The van der Waals surface area contributed by atoms with Crippen LogP contribution in [0.5, 0.6) is 0 Å². The maximum absolute atomic E-state index is 12.8. The number of ether oxygens (including phenoxy) is 2. The average molecular weight is 263 g/mol. The van der Waals surface area contributed by atoms with Crippen LogP contribution >= 0.6 is 0 Å². The van der Waals surface area contributed by atoms with E-state index in [1.54, 1.807) is 0 Å². The predicted molar refractivity (Wildman–Crippen MR) is 71.5 cm³/mol. The molecule has 0 aromatic rings. The number of carbonyl (C=O) groups excluding carboxylic acids is 1. The van der Waals surface area contributed by atoms with Gasteiger partial charge in [-0.1, -0.05) is 24.3 Å². The van der Waals surface area contributed by atoms with Gasteiger partial charge in [0.2, 0.25) is 5.91 Å². The van der Waals surface area contributed by atoms with Crippen molar-refractivity contribution < 1.29 is 14.3 Å². The van der Waals surface area contributed by atoms with E-state index in [1.165, 1.54) is 0 Å². The summed E-state index contributed by atoms with van der Waals surface area (Å²) in [5, 5.41) is 0. The van der Waals surface area contributed by atoms with Gasteiger partial charge in [0.05, 0.1) is 18.6 Å². The number of allylic oxidation sites excluding steroid dienone is 2. The van der Waals surface area contributed by atoms with Crippen LogP contribution in [0.1, 0.15) is 25.7 Å². The lowest BCUT2D eigenvalue weighted by Crippen LogP contribution is -2.43. The molecule has 1 aliphatic carbocycles. The molecule has 104 valence electrons. The van der Waals surface area contributed by atoms with Crippen LogP contribution < -0.4 is 0 Å². The van der Waals surface area contributed by atoms with E-state index < -0.39 is 5.41 Å². The Hall–Kier alpha value is -1.13. The van der Waals surface area contributed by atoms with E-state index in [4.69, 9.17) is 9.47 Å². The topological polar surface area (TPSA) is 38.8 Å². The summed E-state index contributed by atoms with van der Waals surface area (Å²) >= 11 is 0. The lowest BCUT2D eigenvalue weighted by molar-refractivity contribution is -0.141. The van der Waals surface area contributed by atoms with E-state index in [2.05, 4.69) is 12.2 Å². The Labute approximate surface area is 114 Å². The Morgan fingerprint density at radius 1 is 1.16 bits per heavy atom. The molecular formula is C15H21NO3. The van der Waals surface area contributed by atoms with Gasteiger partial charge in [-0.25, -0.2) is 0 Å². The largest absolute Gasteiger partial charge is 0.350 e. The molecule has 2 saturated heterocycles. The van der Waals surface area contributed by atoms with Crippen LogP contribution in [0.25, 0.3) is 0 Å². The number of nitrogens with zero attached hydrogens (tertiary/aromatic N) is 1. The zero-order valence-electron chi connectivity index (χ0n) is 11.2. The minimum Gasteiger partial charge on any atom is -0.350 e. The summed E-state index contributed by atoms with van der Waals surface area (Å²) in [5.41, 5.74) is -0.558. The second-order valence-corrected chi connectivity index (χ2v) is 5.46. The molecule has 0 atom stereocenters. The van der Waals surface area contributed by atoms with Crippen molar-refractivity contribution in [3.05, 3.63) is 24.3 Å². The summed E-state index contributed by atoms with van der Waals surface area (Å²) < 4.78 is 11.1. The fraction of sp³-hybridized carbons (Fsp3) is 0.667. The molecule has 4 nitrogen and oxygen atoms in total. The first-order chi connectivity index (χ1) is 9.30. The molecule has 1 amide bonds. The summed E-state index contributed by atoms with van der Waals surface area (Å²) in [7, 11) is 0. The molecule has 19 heavy (non-hydrogen) atoms. The van der Waals surface area contributed by atoms with Gasteiger partial charge in [-0.3, -0.25) is 4.79 Å². The molecule has 2 aliphatic heterocycles. The molecule has 0 radical (unpaired) electrons. The lowest BCUT2D eigenvalue weighted by Gasteiger charge is -2.33. The van der Waals surface area contributed by atoms with Crippen molar-refractivity contribution in [2.75, 3.05) is 26.3 Å². The molecule has 0 saturated carbocycles. The van der Waals surface area contributed by atoms with Crippen LogP contribution in [0.2, 0.25) is 0 Å². The Balaban J connectivity index is 1.79. The van der Waals surface area contributed by atoms with Gasteiger partial charge in [0, 0.05) is 19.5 Å². The Morgan fingerprint density at radius 2 is 1.79 bits per heavy atom. The van der Waals surface area contributed by atoms with Crippen molar-refractivity contribution in [2.24, 2.45) is 5.41 Å². The van der Waals surface area contributed by atoms with Gasteiger partial charge in [-0.2, -0.15) is 0 Å². The van der Waals surface area contributed by atoms with Crippen molar-refractivity contribution in [1.29, 1.82) is 0 Å². The number of amides is 1. The molecule has 0 aromatic carbocycles. The first kappa shape index (κ1) is 12.9. The first-order valence-corrected chi connectivity index (χ1v) is 7.18. The number of carbonyl (C=O) groups is 1. The van der Waals surface area contributed by atoms with Crippen LogP contribution in [0.15, 0.2) is 24.3 Å².